The molecule has 2 aliphatic heterocycles. The Morgan fingerprint density at radius 1 is 1.06 bits per heavy atom. The summed E-state index contributed by atoms with van der Waals surface area (Å²) in [5.74, 6) is 2.21. The standard InChI is InChI=1S/C22H28N8O5/c31-22(25-19-14-16(27-28-19)17-2-1-8-34-17)24-18-15-20(35-13-5-29-3-9-32-10-4-29)26-21(23-18)30-6-11-33-12-7-30/h1-2,8,14-15H,3-7,9-13H2,(H3,23,24,25,26,27,28,31). The highest BCUT2D eigenvalue weighted by Gasteiger charge is 2.18. The molecule has 3 aromatic rings. The SMILES string of the molecule is O=C(Nc1cc(OCCN2CCOCC2)nc(N2CCOCC2)n1)Nc1cc(-c2ccco2)n[nH]1. The van der Waals surface area contributed by atoms with Gasteiger partial charge in [0.25, 0.3) is 0 Å². The quantitative estimate of drug-likeness (QED) is 0.432. The van der Waals surface area contributed by atoms with E-state index < -0.39 is 6.03 Å². The lowest BCUT2D eigenvalue weighted by atomic mass is 10.3. The van der Waals surface area contributed by atoms with Gasteiger partial charge in [0.1, 0.15) is 23.9 Å². The highest BCUT2D eigenvalue weighted by Crippen LogP contribution is 2.22. The normalized spacial score (nSPS) is 16.7. The number of aromatic amines is 1. The van der Waals surface area contributed by atoms with E-state index in [0.717, 1.165) is 32.8 Å². The molecular weight excluding hydrogens is 456 g/mol. The Morgan fingerprint density at radius 3 is 2.63 bits per heavy atom. The van der Waals surface area contributed by atoms with Crippen molar-refractivity contribution in [1.82, 2.24) is 25.1 Å². The maximum atomic E-state index is 12.7. The number of hydrogen-bond acceptors (Lipinski definition) is 10. The molecule has 3 N–H and O–H groups in total. The second-order valence-electron chi connectivity index (χ2n) is 8.02. The Labute approximate surface area is 201 Å². The number of rotatable bonds is 8. The summed E-state index contributed by atoms with van der Waals surface area (Å²) in [6.07, 6.45) is 1.56. The van der Waals surface area contributed by atoms with Gasteiger partial charge in [-0.15, -0.1) is 0 Å². The molecule has 186 valence electrons. The van der Waals surface area contributed by atoms with Crippen LogP contribution in [0.1, 0.15) is 0 Å². The van der Waals surface area contributed by atoms with Crippen LogP contribution in [0.25, 0.3) is 11.5 Å². The van der Waals surface area contributed by atoms with Crippen molar-refractivity contribution in [2.45, 2.75) is 0 Å². The van der Waals surface area contributed by atoms with Crippen molar-refractivity contribution in [2.75, 3.05) is 81.3 Å². The van der Waals surface area contributed by atoms with Crippen LogP contribution in [-0.2, 0) is 9.47 Å². The molecule has 5 heterocycles. The number of H-pyrrole nitrogens is 1. The van der Waals surface area contributed by atoms with Crippen molar-refractivity contribution in [3.63, 3.8) is 0 Å². The van der Waals surface area contributed by atoms with Crippen molar-refractivity contribution < 1.29 is 23.4 Å². The van der Waals surface area contributed by atoms with E-state index in [-0.39, 0.29) is 0 Å². The zero-order chi connectivity index (χ0) is 23.9. The van der Waals surface area contributed by atoms with E-state index in [9.17, 15) is 4.79 Å². The molecule has 2 aliphatic rings. The van der Waals surface area contributed by atoms with Crippen LogP contribution in [0.15, 0.2) is 34.9 Å². The summed E-state index contributed by atoms with van der Waals surface area (Å²) in [7, 11) is 0. The van der Waals surface area contributed by atoms with Crippen molar-refractivity contribution >= 4 is 23.6 Å². The van der Waals surface area contributed by atoms with Gasteiger partial charge in [0.15, 0.2) is 5.76 Å². The Morgan fingerprint density at radius 2 is 1.86 bits per heavy atom. The number of amides is 2. The van der Waals surface area contributed by atoms with Gasteiger partial charge in [-0.25, -0.2) is 4.79 Å². The molecule has 0 bridgehead atoms. The van der Waals surface area contributed by atoms with E-state index in [1.165, 1.54) is 0 Å². The number of nitrogens with one attached hydrogen (secondary N) is 3. The van der Waals surface area contributed by atoms with E-state index in [2.05, 4.69) is 35.7 Å². The first-order valence-corrected chi connectivity index (χ1v) is 11.5. The Balaban J connectivity index is 1.24. The van der Waals surface area contributed by atoms with E-state index >= 15 is 0 Å². The van der Waals surface area contributed by atoms with Crippen LogP contribution >= 0.6 is 0 Å². The molecule has 0 aromatic carbocycles. The number of anilines is 3. The third-order valence-electron chi connectivity index (χ3n) is 5.59. The Kier molecular flexibility index (Phi) is 7.36. The number of nitrogens with zero attached hydrogens (tertiary/aromatic N) is 5. The Bertz CT molecular complexity index is 1090. The molecule has 0 spiro atoms. The monoisotopic (exact) mass is 484 g/mol. The summed E-state index contributed by atoms with van der Waals surface area (Å²) >= 11 is 0. The fourth-order valence-electron chi connectivity index (χ4n) is 3.77. The van der Waals surface area contributed by atoms with Gasteiger partial charge < -0.3 is 23.5 Å². The first-order chi connectivity index (χ1) is 17.2. The minimum Gasteiger partial charge on any atom is -0.476 e. The van der Waals surface area contributed by atoms with Gasteiger partial charge >= 0.3 is 6.03 Å². The van der Waals surface area contributed by atoms with Gasteiger partial charge in [0.05, 0.1) is 32.7 Å². The number of morpholine rings is 2. The molecule has 0 radical (unpaired) electrons. The van der Waals surface area contributed by atoms with Crippen LogP contribution in [0.5, 0.6) is 5.88 Å². The largest absolute Gasteiger partial charge is 0.476 e. The second kappa shape index (κ2) is 11.2. The van der Waals surface area contributed by atoms with Crippen molar-refractivity contribution in [1.29, 1.82) is 0 Å². The minimum absolute atomic E-state index is 0.325. The average Bonchev–Trinajstić information content (AvgIpc) is 3.57. The summed E-state index contributed by atoms with van der Waals surface area (Å²) in [6.45, 7) is 6.96. The van der Waals surface area contributed by atoms with Gasteiger partial charge in [-0.1, -0.05) is 0 Å². The molecule has 35 heavy (non-hydrogen) atoms. The van der Waals surface area contributed by atoms with Gasteiger partial charge in [-0.05, 0) is 12.1 Å². The molecule has 0 atom stereocenters. The molecule has 0 aliphatic carbocycles. The summed E-state index contributed by atoms with van der Waals surface area (Å²) in [5.41, 5.74) is 0.581. The van der Waals surface area contributed by atoms with Gasteiger partial charge in [-0.2, -0.15) is 15.1 Å². The average molecular weight is 485 g/mol. The molecule has 0 unspecified atom stereocenters. The lowest BCUT2D eigenvalue weighted by molar-refractivity contribution is 0.0320. The van der Waals surface area contributed by atoms with E-state index in [4.69, 9.17) is 18.6 Å². The molecule has 2 saturated heterocycles. The number of furan rings is 1. The number of urea groups is 1. The number of carbonyl (C=O) groups excluding carboxylic acids is 1. The zero-order valence-electron chi connectivity index (χ0n) is 19.2. The van der Waals surface area contributed by atoms with Crippen molar-refractivity contribution in [3.8, 4) is 17.3 Å². The molecule has 2 fully saturated rings. The lowest BCUT2D eigenvalue weighted by Crippen LogP contribution is -2.39. The second-order valence-corrected chi connectivity index (χ2v) is 8.02. The van der Waals surface area contributed by atoms with Crippen LogP contribution in [0.4, 0.5) is 22.4 Å². The van der Waals surface area contributed by atoms with E-state index in [1.807, 2.05) is 4.90 Å². The van der Waals surface area contributed by atoms with Gasteiger partial charge in [-0.3, -0.25) is 20.6 Å². The van der Waals surface area contributed by atoms with Crippen molar-refractivity contribution in [3.05, 3.63) is 30.5 Å². The van der Waals surface area contributed by atoms with Gasteiger partial charge in [0.2, 0.25) is 11.8 Å². The van der Waals surface area contributed by atoms with Crippen LogP contribution in [0.3, 0.4) is 0 Å². The predicted molar refractivity (Wildman–Crippen MR) is 127 cm³/mol. The minimum atomic E-state index is -0.481. The third-order valence-corrected chi connectivity index (χ3v) is 5.59. The zero-order valence-corrected chi connectivity index (χ0v) is 19.2. The molecule has 5 rings (SSSR count). The summed E-state index contributed by atoms with van der Waals surface area (Å²) < 4.78 is 22.1. The number of carbonyl (C=O) groups is 1. The summed E-state index contributed by atoms with van der Waals surface area (Å²) in [4.78, 5) is 26.0. The molecule has 0 saturated carbocycles. The van der Waals surface area contributed by atoms with Crippen LogP contribution in [-0.4, -0.2) is 96.9 Å². The van der Waals surface area contributed by atoms with Crippen molar-refractivity contribution in [2.24, 2.45) is 0 Å². The fraction of sp³-hybridized carbons (Fsp3) is 0.455. The molecule has 13 nitrogen and oxygen atoms in total. The predicted octanol–water partition coefficient (Wildman–Crippen LogP) is 1.65. The first kappa shape index (κ1) is 23.1. The number of ether oxygens (including phenoxy) is 3. The number of hydrogen-bond donors (Lipinski definition) is 3. The highest BCUT2D eigenvalue weighted by atomic mass is 16.5. The smallest absolute Gasteiger partial charge is 0.326 e. The van der Waals surface area contributed by atoms with E-state index in [0.29, 0.717) is 67.8 Å². The summed E-state index contributed by atoms with van der Waals surface area (Å²) in [6, 6.07) is 6.37. The maximum Gasteiger partial charge on any atom is 0.326 e. The van der Waals surface area contributed by atoms with Crippen LogP contribution < -0.4 is 20.3 Å². The summed E-state index contributed by atoms with van der Waals surface area (Å²) in [5, 5.41) is 12.4. The Hall–Kier alpha value is -3.68. The third kappa shape index (κ3) is 6.26. The topological polar surface area (TPSA) is 143 Å². The molecule has 2 amide bonds. The van der Waals surface area contributed by atoms with Crippen LogP contribution in [0, 0.1) is 0 Å². The number of aromatic nitrogens is 4. The van der Waals surface area contributed by atoms with Crippen LogP contribution in [0.2, 0.25) is 0 Å². The first-order valence-electron chi connectivity index (χ1n) is 11.5. The maximum absolute atomic E-state index is 12.7. The molecular formula is C22H28N8O5. The molecule has 3 aromatic heterocycles. The van der Waals surface area contributed by atoms with E-state index in [1.54, 1.807) is 30.5 Å². The molecule has 13 heteroatoms. The fourth-order valence-corrected chi connectivity index (χ4v) is 3.77. The highest BCUT2D eigenvalue weighted by molar-refractivity contribution is 5.98. The van der Waals surface area contributed by atoms with Gasteiger partial charge in [0, 0.05) is 44.9 Å². The lowest BCUT2D eigenvalue weighted by Gasteiger charge is -2.28.